The molecule has 1 aromatic rings. The van der Waals surface area contributed by atoms with E-state index < -0.39 is 8.32 Å². The zero-order chi connectivity index (χ0) is 18.4. The molecular formula is C22H38O2Si. The van der Waals surface area contributed by atoms with Gasteiger partial charge in [0.05, 0.1) is 12.4 Å². The molecule has 0 spiro atoms. The summed E-state index contributed by atoms with van der Waals surface area (Å²) in [6.45, 7) is 9.69. The van der Waals surface area contributed by atoms with Gasteiger partial charge in [0, 0.05) is 6.42 Å². The van der Waals surface area contributed by atoms with Crippen molar-refractivity contribution >= 4 is 8.32 Å². The maximum atomic E-state index is 6.09. The second-order valence-corrected chi connectivity index (χ2v) is 12.1. The summed E-state index contributed by atoms with van der Waals surface area (Å²) in [6, 6.07) is 10.1. The highest BCUT2D eigenvalue weighted by Gasteiger charge is 2.16. The lowest BCUT2D eigenvalue weighted by Crippen LogP contribution is -2.24. The molecule has 0 aliphatic carbocycles. The third-order valence-corrected chi connectivity index (χ3v) is 4.96. The highest BCUT2D eigenvalue weighted by Crippen LogP contribution is 2.18. The molecule has 0 radical (unpaired) electrons. The van der Waals surface area contributed by atoms with Gasteiger partial charge in [-0.15, -0.1) is 0 Å². The van der Waals surface area contributed by atoms with Crippen molar-refractivity contribution in [1.29, 1.82) is 0 Å². The topological polar surface area (TPSA) is 18.5 Å². The van der Waals surface area contributed by atoms with Crippen molar-refractivity contribution in [3.63, 3.8) is 0 Å². The molecular weight excluding hydrogens is 324 g/mol. The minimum absolute atomic E-state index is 0.841. The van der Waals surface area contributed by atoms with Crippen LogP contribution in [0.3, 0.4) is 0 Å². The molecule has 25 heavy (non-hydrogen) atoms. The van der Waals surface area contributed by atoms with Crippen molar-refractivity contribution in [3.05, 3.63) is 42.2 Å². The first-order valence-corrected chi connectivity index (χ1v) is 13.4. The van der Waals surface area contributed by atoms with Crippen molar-refractivity contribution in [2.24, 2.45) is 0 Å². The van der Waals surface area contributed by atoms with Crippen LogP contribution in [0.2, 0.25) is 19.6 Å². The molecule has 0 aliphatic rings. The predicted octanol–water partition coefficient (Wildman–Crippen LogP) is 7.33. The lowest BCUT2D eigenvalue weighted by molar-refractivity contribution is 0.304. The summed E-state index contributed by atoms with van der Waals surface area (Å²) in [4.78, 5) is 0. The van der Waals surface area contributed by atoms with Crippen LogP contribution in [0, 0.1) is 0 Å². The van der Waals surface area contributed by atoms with Crippen LogP contribution in [0.25, 0.3) is 0 Å². The van der Waals surface area contributed by atoms with Gasteiger partial charge in [-0.25, -0.2) is 0 Å². The molecule has 0 atom stereocenters. The Morgan fingerprint density at radius 3 is 1.96 bits per heavy atom. The molecule has 0 bridgehead atoms. The van der Waals surface area contributed by atoms with Gasteiger partial charge in [0.15, 0.2) is 0 Å². The molecule has 0 heterocycles. The van der Waals surface area contributed by atoms with Crippen molar-refractivity contribution in [1.82, 2.24) is 0 Å². The summed E-state index contributed by atoms with van der Waals surface area (Å²) < 4.78 is 11.8. The Balaban J connectivity index is 1.89. The first-order valence-electron chi connectivity index (χ1n) is 10.0. The standard InChI is InChI=1S/C22H38O2Si/c1-5-21(24-25(2,3)4)17-13-10-8-6-7-9-11-16-20-23-22-18-14-12-15-19-22/h5,12,14-15,18-19H,6-11,13,16-17,20H2,1-4H3/b21-5-. The summed E-state index contributed by atoms with van der Waals surface area (Å²) in [5, 5.41) is 0. The van der Waals surface area contributed by atoms with E-state index in [1.807, 2.05) is 30.3 Å². The van der Waals surface area contributed by atoms with Crippen molar-refractivity contribution in [2.45, 2.75) is 84.4 Å². The van der Waals surface area contributed by atoms with Gasteiger partial charge in [0.2, 0.25) is 8.32 Å². The molecule has 1 aromatic carbocycles. The molecule has 0 saturated heterocycles. The minimum atomic E-state index is -1.44. The third kappa shape index (κ3) is 12.7. The van der Waals surface area contributed by atoms with Crippen LogP contribution in [0.4, 0.5) is 0 Å². The molecule has 0 unspecified atom stereocenters. The Kier molecular flexibility index (Phi) is 11.4. The molecule has 0 fully saturated rings. The summed E-state index contributed by atoms with van der Waals surface area (Å²) in [7, 11) is -1.44. The van der Waals surface area contributed by atoms with Gasteiger partial charge in [-0.05, 0) is 51.5 Å². The largest absolute Gasteiger partial charge is 0.548 e. The fourth-order valence-electron chi connectivity index (χ4n) is 2.82. The highest BCUT2D eigenvalue weighted by molar-refractivity contribution is 6.70. The lowest BCUT2D eigenvalue weighted by atomic mass is 10.1. The fraction of sp³-hybridized carbons (Fsp3) is 0.636. The normalized spacial score (nSPS) is 12.2. The fourth-order valence-corrected chi connectivity index (χ4v) is 3.82. The summed E-state index contributed by atoms with van der Waals surface area (Å²) in [6.07, 6.45) is 13.7. The third-order valence-electron chi connectivity index (χ3n) is 4.09. The van der Waals surface area contributed by atoms with E-state index in [0.717, 1.165) is 25.2 Å². The number of hydrogen-bond acceptors (Lipinski definition) is 2. The Bertz CT molecular complexity index is 463. The van der Waals surface area contributed by atoms with Crippen LogP contribution >= 0.6 is 0 Å². The molecule has 0 aliphatic heterocycles. The van der Waals surface area contributed by atoms with E-state index in [2.05, 4.69) is 32.6 Å². The van der Waals surface area contributed by atoms with Gasteiger partial charge < -0.3 is 9.16 Å². The molecule has 3 heteroatoms. The number of hydrogen-bond donors (Lipinski definition) is 0. The lowest BCUT2D eigenvalue weighted by Gasteiger charge is -2.21. The van der Waals surface area contributed by atoms with E-state index in [1.165, 1.54) is 50.7 Å². The minimum Gasteiger partial charge on any atom is -0.548 e. The molecule has 0 N–H and O–H groups in total. The average molecular weight is 363 g/mol. The van der Waals surface area contributed by atoms with Crippen molar-refractivity contribution < 1.29 is 9.16 Å². The van der Waals surface area contributed by atoms with E-state index in [1.54, 1.807) is 0 Å². The average Bonchev–Trinajstić information content (AvgIpc) is 2.58. The van der Waals surface area contributed by atoms with Gasteiger partial charge in [0.25, 0.3) is 0 Å². The van der Waals surface area contributed by atoms with Crippen molar-refractivity contribution in [2.75, 3.05) is 6.61 Å². The van der Waals surface area contributed by atoms with E-state index in [-0.39, 0.29) is 0 Å². The SMILES string of the molecule is C/C=C(/CCCCCCCCCCOc1ccccc1)O[Si](C)(C)C. The molecule has 2 nitrogen and oxygen atoms in total. The number of para-hydroxylation sites is 1. The molecule has 0 saturated carbocycles. The Hall–Kier alpha value is -1.22. The highest BCUT2D eigenvalue weighted by atomic mass is 28.4. The first-order chi connectivity index (χ1) is 12.0. The van der Waals surface area contributed by atoms with E-state index in [4.69, 9.17) is 9.16 Å². The van der Waals surface area contributed by atoms with Crippen LogP contribution in [-0.4, -0.2) is 14.9 Å². The van der Waals surface area contributed by atoms with E-state index >= 15 is 0 Å². The van der Waals surface area contributed by atoms with Gasteiger partial charge in [-0.3, -0.25) is 0 Å². The van der Waals surface area contributed by atoms with Crippen LogP contribution in [0.1, 0.15) is 64.7 Å². The van der Waals surface area contributed by atoms with E-state index in [0.29, 0.717) is 0 Å². The monoisotopic (exact) mass is 362 g/mol. The maximum absolute atomic E-state index is 6.09. The summed E-state index contributed by atoms with van der Waals surface area (Å²) in [5.74, 6) is 2.19. The number of ether oxygens (including phenoxy) is 1. The Labute approximate surface area is 156 Å². The quantitative estimate of drug-likeness (QED) is 0.196. The number of rotatable bonds is 14. The summed E-state index contributed by atoms with van der Waals surface area (Å²) in [5.41, 5.74) is 0. The van der Waals surface area contributed by atoms with Gasteiger partial charge in [0.1, 0.15) is 5.75 Å². The van der Waals surface area contributed by atoms with Crippen LogP contribution < -0.4 is 4.74 Å². The predicted molar refractivity (Wildman–Crippen MR) is 112 cm³/mol. The van der Waals surface area contributed by atoms with Crippen LogP contribution in [0.5, 0.6) is 5.75 Å². The first kappa shape index (κ1) is 21.8. The Morgan fingerprint density at radius 2 is 1.40 bits per heavy atom. The zero-order valence-corrected chi connectivity index (χ0v) is 17.9. The zero-order valence-electron chi connectivity index (χ0n) is 16.9. The number of benzene rings is 1. The van der Waals surface area contributed by atoms with Crippen LogP contribution in [-0.2, 0) is 4.43 Å². The van der Waals surface area contributed by atoms with E-state index in [9.17, 15) is 0 Å². The molecule has 0 amide bonds. The van der Waals surface area contributed by atoms with Gasteiger partial charge in [-0.2, -0.15) is 0 Å². The van der Waals surface area contributed by atoms with Crippen LogP contribution in [0.15, 0.2) is 42.2 Å². The number of unbranched alkanes of at least 4 members (excludes halogenated alkanes) is 7. The summed E-state index contributed by atoms with van der Waals surface area (Å²) >= 11 is 0. The second-order valence-electron chi connectivity index (χ2n) is 7.71. The van der Waals surface area contributed by atoms with Crippen molar-refractivity contribution in [3.8, 4) is 5.75 Å². The number of allylic oxidation sites excluding steroid dienone is 2. The van der Waals surface area contributed by atoms with Gasteiger partial charge >= 0.3 is 0 Å². The Morgan fingerprint density at radius 1 is 0.840 bits per heavy atom. The molecule has 1 rings (SSSR count). The second kappa shape index (κ2) is 13.0. The molecule has 0 aromatic heterocycles. The molecule has 142 valence electrons. The smallest absolute Gasteiger partial charge is 0.241 e. The maximum Gasteiger partial charge on any atom is 0.241 e. The van der Waals surface area contributed by atoms with Gasteiger partial charge in [-0.1, -0.05) is 62.8 Å².